The van der Waals surface area contributed by atoms with Crippen LogP contribution in [0, 0.1) is 20.8 Å². The molecule has 0 amide bonds. The SMILES string of the molecule is Cc1cc(-c2nccc3ccccc23)cc(-c2nccc3ccccc23)c1.Cc1cc(C)[nH]n1. The number of H-pyrrole nitrogens is 1. The molecule has 0 aliphatic rings. The highest BCUT2D eigenvalue weighted by atomic mass is 15.1. The van der Waals surface area contributed by atoms with Crippen molar-refractivity contribution in [1.82, 2.24) is 20.2 Å². The summed E-state index contributed by atoms with van der Waals surface area (Å²) < 4.78 is 0. The number of nitrogens with one attached hydrogen (secondary N) is 1. The maximum Gasteiger partial charge on any atom is 0.0780 e. The highest BCUT2D eigenvalue weighted by Gasteiger charge is 2.11. The Morgan fingerprint density at radius 2 is 1.12 bits per heavy atom. The van der Waals surface area contributed by atoms with Crippen LogP contribution in [0.2, 0.25) is 0 Å². The van der Waals surface area contributed by atoms with E-state index in [9.17, 15) is 0 Å². The second kappa shape index (κ2) is 9.28. The predicted octanol–water partition coefficient (Wildman–Crippen LogP) is 7.45. The summed E-state index contributed by atoms with van der Waals surface area (Å²) in [5, 5.41) is 11.5. The molecule has 166 valence electrons. The van der Waals surface area contributed by atoms with Gasteiger partial charge in [0.05, 0.1) is 17.1 Å². The van der Waals surface area contributed by atoms with Crippen molar-refractivity contribution in [1.29, 1.82) is 0 Å². The zero-order valence-electron chi connectivity index (χ0n) is 19.6. The lowest BCUT2D eigenvalue weighted by Gasteiger charge is -2.11. The van der Waals surface area contributed by atoms with Gasteiger partial charge in [0.25, 0.3) is 0 Å². The van der Waals surface area contributed by atoms with Crippen molar-refractivity contribution in [2.45, 2.75) is 20.8 Å². The average Bonchev–Trinajstić information content (AvgIpc) is 3.25. The minimum Gasteiger partial charge on any atom is -0.283 e. The van der Waals surface area contributed by atoms with Crippen LogP contribution in [0.15, 0.2) is 97.3 Å². The lowest BCUT2D eigenvalue weighted by atomic mass is 9.97. The number of hydrogen-bond donors (Lipinski definition) is 1. The van der Waals surface area contributed by atoms with Crippen molar-refractivity contribution in [3.8, 4) is 22.5 Å². The summed E-state index contributed by atoms with van der Waals surface area (Å²) in [6.45, 7) is 6.08. The van der Waals surface area contributed by atoms with Crippen LogP contribution in [-0.2, 0) is 0 Å². The third kappa shape index (κ3) is 4.44. The Morgan fingerprint density at radius 3 is 1.56 bits per heavy atom. The molecule has 4 heteroatoms. The first kappa shape index (κ1) is 21.5. The number of rotatable bonds is 2. The summed E-state index contributed by atoms with van der Waals surface area (Å²) in [6, 6.07) is 29.5. The molecule has 0 saturated carbocycles. The molecule has 0 saturated heterocycles. The van der Waals surface area contributed by atoms with E-state index >= 15 is 0 Å². The van der Waals surface area contributed by atoms with E-state index in [4.69, 9.17) is 9.97 Å². The summed E-state index contributed by atoms with van der Waals surface area (Å²) in [4.78, 5) is 9.39. The zero-order valence-corrected chi connectivity index (χ0v) is 19.6. The first-order chi connectivity index (χ1) is 16.6. The molecule has 4 nitrogen and oxygen atoms in total. The van der Waals surface area contributed by atoms with E-state index in [1.54, 1.807) is 0 Å². The number of pyridine rings is 2. The molecule has 0 radical (unpaired) electrons. The van der Waals surface area contributed by atoms with Gasteiger partial charge in [-0.05, 0) is 73.5 Å². The second-order valence-electron chi connectivity index (χ2n) is 8.54. The van der Waals surface area contributed by atoms with Crippen molar-refractivity contribution in [3.63, 3.8) is 0 Å². The van der Waals surface area contributed by atoms with Crippen LogP contribution in [0.3, 0.4) is 0 Å². The van der Waals surface area contributed by atoms with E-state index in [2.05, 4.69) is 96.0 Å². The van der Waals surface area contributed by atoms with E-state index in [1.165, 1.54) is 27.1 Å². The highest BCUT2D eigenvalue weighted by Crippen LogP contribution is 2.33. The minimum atomic E-state index is 1.01. The molecule has 0 spiro atoms. The molecule has 3 aromatic heterocycles. The van der Waals surface area contributed by atoms with Gasteiger partial charge in [-0.1, -0.05) is 48.5 Å². The topological polar surface area (TPSA) is 54.5 Å². The Balaban J connectivity index is 0.000000297. The molecule has 0 bridgehead atoms. The minimum absolute atomic E-state index is 1.01. The molecule has 3 aromatic carbocycles. The molecule has 0 unspecified atom stereocenters. The number of fused-ring (bicyclic) bond motifs is 2. The Hall–Kier alpha value is -4.31. The van der Waals surface area contributed by atoms with Gasteiger partial charge >= 0.3 is 0 Å². The molecule has 6 aromatic rings. The van der Waals surface area contributed by atoms with Crippen LogP contribution < -0.4 is 0 Å². The average molecular weight is 443 g/mol. The molecule has 6 rings (SSSR count). The number of aromatic nitrogens is 4. The first-order valence-corrected chi connectivity index (χ1v) is 11.4. The Labute approximate surface area is 199 Å². The van der Waals surface area contributed by atoms with Gasteiger partial charge in [0.15, 0.2) is 0 Å². The molecule has 1 N–H and O–H groups in total. The van der Waals surface area contributed by atoms with Gasteiger partial charge < -0.3 is 0 Å². The number of aryl methyl sites for hydroxylation is 3. The Bertz CT molecular complexity index is 1470. The molecule has 0 aliphatic heterocycles. The standard InChI is InChI=1S/C25H18N2.C5H8N2/c1-17-14-20(24-22-8-4-2-6-18(22)10-12-26-24)16-21(15-17)25-23-9-5-3-7-19(23)11-13-27-25;1-4-3-5(2)7-6-4/h2-16H,1H3;3H,1-2H3,(H,6,7). The van der Waals surface area contributed by atoms with Crippen LogP contribution in [-0.4, -0.2) is 20.2 Å². The molecule has 34 heavy (non-hydrogen) atoms. The van der Waals surface area contributed by atoms with E-state index < -0.39 is 0 Å². The van der Waals surface area contributed by atoms with Crippen molar-refractivity contribution < 1.29 is 0 Å². The zero-order chi connectivity index (χ0) is 23.5. The van der Waals surface area contributed by atoms with Gasteiger partial charge in [-0.2, -0.15) is 5.10 Å². The van der Waals surface area contributed by atoms with Crippen molar-refractivity contribution >= 4 is 21.5 Å². The van der Waals surface area contributed by atoms with Gasteiger partial charge in [0.2, 0.25) is 0 Å². The van der Waals surface area contributed by atoms with Crippen LogP contribution in [0.25, 0.3) is 44.1 Å². The summed E-state index contributed by atoms with van der Waals surface area (Å²) in [5.74, 6) is 0. The van der Waals surface area contributed by atoms with E-state index in [1.807, 2.05) is 32.3 Å². The highest BCUT2D eigenvalue weighted by molar-refractivity contribution is 5.97. The van der Waals surface area contributed by atoms with Crippen molar-refractivity contribution in [3.05, 3.63) is 114 Å². The number of nitrogens with zero attached hydrogens (tertiary/aromatic N) is 3. The van der Waals surface area contributed by atoms with Gasteiger partial charge in [-0.25, -0.2) is 0 Å². The predicted molar refractivity (Wildman–Crippen MR) is 141 cm³/mol. The van der Waals surface area contributed by atoms with E-state index in [-0.39, 0.29) is 0 Å². The largest absolute Gasteiger partial charge is 0.283 e. The van der Waals surface area contributed by atoms with Gasteiger partial charge in [0, 0.05) is 40.0 Å². The lowest BCUT2D eigenvalue weighted by Crippen LogP contribution is -1.91. The molecular weight excluding hydrogens is 416 g/mol. The summed E-state index contributed by atoms with van der Waals surface area (Å²) in [6.07, 6.45) is 3.77. The van der Waals surface area contributed by atoms with Crippen LogP contribution in [0.4, 0.5) is 0 Å². The second-order valence-corrected chi connectivity index (χ2v) is 8.54. The fourth-order valence-corrected chi connectivity index (χ4v) is 4.31. The first-order valence-electron chi connectivity index (χ1n) is 11.4. The number of aromatic amines is 1. The molecule has 0 fully saturated rings. The monoisotopic (exact) mass is 442 g/mol. The van der Waals surface area contributed by atoms with Crippen molar-refractivity contribution in [2.24, 2.45) is 0 Å². The van der Waals surface area contributed by atoms with Gasteiger partial charge in [-0.15, -0.1) is 0 Å². The smallest absolute Gasteiger partial charge is 0.0780 e. The number of benzene rings is 3. The van der Waals surface area contributed by atoms with Crippen molar-refractivity contribution in [2.75, 3.05) is 0 Å². The third-order valence-electron chi connectivity index (χ3n) is 5.81. The molecular formula is C30H26N4. The summed E-state index contributed by atoms with van der Waals surface area (Å²) in [7, 11) is 0. The fraction of sp³-hybridized carbons (Fsp3) is 0.100. The van der Waals surface area contributed by atoms with Crippen LogP contribution >= 0.6 is 0 Å². The summed E-state index contributed by atoms with van der Waals surface area (Å²) >= 11 is 0. The quantitative estimate of drug-likeness (QED) is 0.303. The Morgan fingerprint density at radius 1 is 0.588 bits per heavy atom. The van der Waals surface area contributed by atoms with E-state index in [0.717, 1.165) is 33.9 Å². The Kier molecular flexibility index (Phi) is 5.88. The number of hydrogen-bond acceptors (Lipinski definition) is 3. The van der Waals surface area contributed by atoms with Gasteiger partial charge in [-0.3, -0.25) is 15.1 Å². The fourth-order valence-electron chi connectivity index (χ4n) is 4.31. The van der Waals surface area contributed by atoms with Gasteiger partial charge in [0.1, 0.15) is 0 Å². The molecule has 0 aliphatic carbocycles. The third-order valence-corrected chi connectivity index (χ3v) is 5.81. The lowest BCUT2D eigenvalue weighted by molar-refractivity contribution is 1.02. The molecule has 3 heterocycles. The maximum absolute atomic E-state index is 4.69. The maximum atomic E-state index is 4.69. The van der Waals surface area contributed by atoms with Crippen LogP contribution in [0.1, 0.15) is 17.0 Å². The van der Waals surface area contributed by atoms with E-state index in [0.29, 0.717) is 0 Å². The van der Waals surface area contributed by atoms with Crippen LogP contribution in [0.5, 0.6) is 0 Å². The molecule has 0 atom stereocenters. The normalized spacial score (nSPS) is 10.8. The summed E-state index contributed by atoms with van der Waals surface area (Å²) in [5.41, 5.74) is 7.65.